The van der Waals surface area contributed by atoms with Crippen molar-refractivity contribution in [2.45, 2.75) is 31.6 Å². The number of nitro benzene ring substituents is 1. The van der Waals surface area contributed by atoms with Crippen LogP contribution in [0.15, 0.2) is 12.1 Å². The number of carbonyl (C=O) groups excluding carboxylic acids is 1. The minimum atomic E-state index is -0.337. The second-order valence-electron chi connectivity index (χ2n) is 4.68. The molecule has 0 spiro atoms. The molecule has 0 unspecified atom stereocenters. The Morgan fingerprint density at radius 2 is 2.12 bits per heavy atom. The van der Waals surface area contributed by atoms with Crippen LogP contribution >= 0.6 is 0 Å². The lowest BCUT2D eigenvalue weighted by molar-refractivity contribution is -0.385. The first-order valence-corrected chi connectivity index (χ1v) is 5.76. The molecule has 1 aliphatic carbocycles. The molecule has 3 rings (SSSR count). The molecule has 0 aromatic heterocycles. The molecule has 1 aromatic carbocycles. The van der Waals surface area contributed by atoms with Gasteiger partial charge in [-0.25, -0.2) is 0 Å². The highest BCUT2D eigenvalue weighted by molar-refractivity contribution is 5.99. The standard InChI is InChI=1S/C12H12N2O3/c15-12-5-8-4-11(14(16)17)9(6-10(8)13-12)7-2-1-3-7/h4,6-7H,1-3,5H2,(H,13,15). The Hall–Kier alpha value is -1.91. The fraction of sp³-hybridized carbons (Fsp3) is 0.417. The van der Waals surface area contributed by atoms with Gasteiger partial charge in [-0.3, -0.25) is 14.9 Å². The minimum absolute atomic E-state index is 0.0833. The van der Waals surface area contributed by atoms with E-state index in [1.54, 1.807) is 12.1 Å². The van der Waals surface area contributed by atoms with E-state index in [0.29, 0.717) is 5.92 Å². The van der Waals surface area contributed by atoms with Crippen molar-refractivity contribution in [3.63, 3.8) is 0 Å². The first kappa shape index (κ1) is 10.3. The SMILES string of the molecule is O=C1Cc2cc([N+](=O)[O-])c(C3CCC3)cc2N1. The van der Waals surface area contributed by atoms with Crippen molar-refractivity contribution < 1.29 is 9.72 Å². The van der Waals surface area contributed by atoms with Gasteiger partial charge < -0.3 is 5.32 Å². The molecule has 1 amide bonds. The minimum Gasteiger partial charge on any atom is -0.326 e. The molecule has 1 fully saturated rings. The third-order valence-electron chi connectivity index (χ3n) is 3.62. The zero-order valence-corrected chi connectivity index (χ0v) is 9.23. The molecular formula is C12H12N2O3. The monoisotopic (exact) mass is 232 g/mol. The largest absolute Gasteiger partial charge is 0.326 e. The van der Waals surface area contributed by atoms with Gasteiger partial charge in [-0.1, -0.05) is 6.42 Å². The van der Waals surface area contributed by atoms with Crippen molar-refractivity contribution in [3.8, 4) is 0 Å². The van der Waals surface area contributed by atoms with Gasteiger partial charge in [0.2, 0.25) is 5.91 Å². The van der Waals surface area contributed by atoms with E-state index in [-0.39, 0.29) is 22.9 Å². The lowest BCUT2D eigenvalue weighted by atomic mass is 9.79. The molecule has 2 aliphatic rings. The first-order valence-electron chi connectivity index (χ1n) is 5.76. The van der Waals surface area contributed by atoms with E-state index in [9.17, 15) is 14.9 Å². The molecule has 1 aromatic rings. The second-order valence-corrected chi connectivity index (χ2v) is 4.68. The maximum absolute atomic E-state index is 11.3. The van der Waals surface area contributed by atoms with Crippen LogP contribution in [0.2, 0.25) is 0 Å². The summed E-state index contributed by atoms with van der Waals surface area (Å²) >= 11 is 0. The molecular weight excluding hydrogens is 220 g/mol. The highest BCUT2D eigenvalue weighted by Gasteiger charge is 2.30. The number of nitro groups is 1. The summed E-state index contributed by atoms with van der Waals surface area (Å²) in [5.74, 6) is 0.207. The lowest BCUT2D eigenvalue weighted by Gasteiger charge is -2.25. The van der Waals surface area contributed by atoms with Crippen molar-refractivity contribution >= 4 is 17.3 Å². The van der Waals surface area contributed by atoms with E-state index < -0.39 is 0 Å². The van der Waals surface area contributed by atoms with Crippen LogP contribution in [0.25, 0.3) is 0 Å². The van der Waals surface area contributed by atoms with Gasteiger partial charge in [0, 0.05) is 17.3 Å². The van der Waals surface area contributed by atoms with Crippen LogP contribution in [-0.4, -0.2) is 10.8 Å². The summed E-state index contributed by atoms with van der Waals surface area (Å²) in [6.45, 7) is 0. The van der Waals surface area contributed by atoms with E-state index in [1.165, 1.54) is 0 Å². The van der Waals surface area contributed by atoms with Crippen LogP contribution in [0, 0.1) is 10.1 Å². The molecule has 0 radical (unpaired) electrons. The second kappa shape index (κ2) is 3.55. The van der Waals surface area contributed by atoms with Crippen molar-refractivity contribution in [2.24, 2.45) is 0 Å². The van der Waals surface area contributed by atoms with Crippen molar-refractivity contribution in [1.82, 2.24) is 0 Å². The summed E-state index contributed by atoms with van der Waals surface area (Å²) in [6, 6.07) is 3.35. The summed E-state index contributed by atoms with van der Waals surface area (Å²) in [5, 5.41) is 13.8. The third-order valence-corrected chi connectivity index (χ3v) is 3.62. The maximum atomic E-state index is 11.3. The zero-order chi connectivity index (χ0) is 12.0. The van der Waals surface area contributed by atoms with Gasteiger partial charge in [0.15, 0.2) is 0 Å². The maximum Gasteiger partial charge on any atom is 0.273 e. The third kappa shape index (κ3) is 1.58. The van der Waals surface area contributed by atoms with E-state index in [1.807, 2.05) is 0 Å². The van der Waals surface area contributed by atoms with E-state index in [2.05, 4.69) is 5.32 Å². The first-order chi connectivity index (χ1) is 8.15. The summed E-state index contributed by atoms with van der Waals surface area (Å²) in [6.07, 6.45) is 3.40. The van der Waals surface area contributed by atoms with Crippen molar-refractivity contribution in [2.75, 3.05) is 5.32 Å². The van der Waals surface area contributed by atoms with Gasteiger partial charge in [-0.2, -0.15) is 0 Å². The summed E-state index contributed by atoms with van der Waals surface area (Å²) < 4.78 is 0. The Morgan fingerprint density at radius 3 is 2.71 bits per heavy atom. The number of anilines is 1. The molecule has 17 heavy (non-hydrogen) atoms. The van der Waals surface area contributed by atoms with E-state index >= 15 is 0 Å². The Kier molecular flexibility index (Phi) is 2.14. The fourth-order valence-electron chi connectivity index (χ4n) is 2.48. The van der Waals surface area contributed by atoms with Gasteiger partial charge in [0.05, 0.1) is 11.3 Å². The Labute approximate surface area is 98.0 Å². The normalized spacial score (nSPS) is 18.5. The van der Waals surface area contributed by atoms with Crippen LogP contribution < -0.4 is 5.32 Å². The predicted octanol–water partition coefficient (Wildman–Crippen LogP) is 2.36. The quantitative estimate of drug-likeness (QED) is 0.628. The smallest absolute Gasteiger partial charge is 0.273 e. The Morgan fingerprint density at radius 1 is 1.35 bits per heavy atom. The highest BCUT2D eigenvalue weighted by Crippen LogP contribution is 2.43. The number of hydrogen-bond acceptors (Lipinski definition) is 3. The van der Waals surface area contributed by atoms with Crippen LogP contribution in [0.1, 0.15) is 36.3 Å². The van der Waals surface area contributed by atoms with E-state index in [4.69, 9.17) is 0 Å². The van der Waals surface area contributed by atoms with Crippen LogP contribution in [0.4, 0.5) is 11.4 Å². The van der Waals surface area contributed by atoms with Crippen LogP contribution in [0.3, 0.4) is 0 Å². The number of nitrogens with one attached hydrogen (secondary N) is 1. The molecule has 1 aliphatic heterocycles. The topological polar surface area (TPSA) is 72.2 Å². The molecule has 5 nitrogen and oxygen atoms in total. The number of fused-ring (bicyclic) bond motifs is 1. The van der Waals surface area contributed by atoms with Crippen LogP contribution in [-0.2, 0) is 11.2 Å². The number of amides is 1. The summed E-state index contributed by atoms with van der Waals surface area (Å²) in [7, 11) is 0. The molecule has 0 saturated heterocycles. The van der Waals surface area contributed by atoms with E-state index in [0.717, 1.165) is 36.1 Å². The average Bonchev–Trinajstić information content (AvgIpc) is 2.53. The molecule has 0 bridgehead atoms. The summed E-state index contributed by atoms with van der Waals surface area (Å²) in [5.41, 5.74) is 2.44. The lowest BCUT2D eigenvalue weighted by Crippen LogP contribution is -2.11. The number of carbonyl (C=O) groups is 1. The van der Waals surface area contributed by atoms with Gasteiger partial charge in [0.1, 0.15) is 0 Å². The molecule has 88 valence electrons. The predicted molar refractivity (Wildman–Crippen MR) is 62.0 cm³/mol. The molecule has 0 atom stereocenters. The van der Waals surface area contributed by atoms with Crippen molar-refractivity contribution in [3.05, 3.63) is 33.4 Å². The zero-order valence-electron chi connectivity index (χ0n) is 9.23. The molecule has 5 heteroatoms. The fourth-order valence-corrected chi connectivity index (χ4v) is 2.48. The number of hydrogen-bond donors (Lipinski definition) is 1. The van der Waals surface area contributed by atoms with Gasteiger partial charge >= 0.3 is 0 Å². The van der Waals surface area contributed by atoms with Crippen molar-refractivity contribution in [1.29, 1.82) is 0 Å². The van der Waals surface area contributed by atoms with Gasteiger partial charge in [-0.15, -0.1) is 0 Å². The number of benzene rings is 1. The molecule has 1 N–H and O–H groups in total. The Bertz CT molecular complexity index is 521. The summed E-state index contributed by atoms with van der Waals surface area (Å²) in [4.78, 5) is 22.0. The van der Waals surface area contributed by atoms with Gasteiger partial charge in [0.25, 0.3) is 5.69 Å². The molecule has 1 heterocycles. The van der Waals surface area contributed by atoms with Crippen LogP contribution in [0.5, 0.6) is 0 Å². The molecule has 1 saturated carbocycles. The van der Waals surface area contributed by atoms with Gasteiger partial charge in [-0.05, 0) is 30.4 Å². The highest BCUT2D eigenvalue weighted by atomic mass is 16.6. The number of rotatable bonds is 2. The number of nitrogens with zero attached hydrogens (tertiary/aromatic N) is 1. The Balaban J connectivity index is 2.10. The average molecular weight is 232 g/mol.